The summed E-state index contributed by atoms with van der Waals surface area (Å²) in [6.07, 6.45) is 5.97. The molecule has 1 heterocycles. The van der Waals surface area contributed by atoms with Crippen molar-refractivity contribution in [3.05, 3.63) is 37.2 Å². The fourth-order valence-electron chi connectivity index (χ4n) is 1.57. The summed E-state index contributed by atoms with van der Waals surface area (Å²) in [6, 6.07) is -0.356. The second-order valence-electron chi connectivity index (χ2n) is 4.70. The van der Waals surface area contributed by atoms with Crippen LogP contribution in [0, 0.1) is 0 Å². The van der Waals surface area contributed by atoms with Gasteiger partial charge in [-0.05, 0) is 19.9 Å². The van der Waals surface area contributed by atoms with Crippen LogP contribution in [-0.2, 0) is 9.53 Å². The van der Waals surface area contributed by atoms with Gasteiger partial charge in [-0.1, -0.05) is 25.3 Å². The predicted molar refractivity (Wildman–Crippen MR) is 80.4 cm³/mol. The number of hydrogen-bond acceptors (Lipinski definition) is 4. The molecule has 0 unspecified atom stereocenters. The monoisotopic (exact) mass is 292 g/mol. The molecule has 0 radical (unpaired) electrons. The van der Waals surface area contributed by atoms with E-state index < -0.39 is 11.4 Å². The highest BCUT2D eigenvalue weighted by Gasteiger charge is 2.39. The molecule has 1 fully saturated rings. The maximum atomic E-state index is 12.4. The molecular formula is C14H20N4O3. The largest absolute Gasteiger partial charge is 0.341 e. The van der Waals surface area contributed by atoms with E-state index in [1.165, 1.54) is 23.3 Å². The van der Waals surface area contributed by atoms with Gasteiger partial charge < -0.3 is 15.4 Å². The average molecular weight is 292 g/mol. The summed E-state index contributed by atoms with van der Waals surface area (Å²) in [5, 5.41) is 5.16. The number of carbonyl (C=O) groups is 2. The zero-order chi connectivity index (χ0) is 15.9. The lowest BCUT2D eigenvalue weighted by Crippen LogP contribution is -2.62. The molecule has 0 aromatic carbocycles. The number of aliphatic imine (C=N–C) groups is 1. The third-order valence-electron chi connectivity index (χ3n) is 2.86. The minimum absolute atomic E-state index is 0.0443. The molecule has 0 atom stereocenters. The smallest absolute Gasteiger partial charge is 0.321 e. The van der Waals surface area contributed by atoms with E-state index in [2.05, 4.69) is 28.8 Å². The predicted octanol–water partition coefficient (Wildman–Crippen LogP) is 1.12. The van der Waals surface area contributed by atoms with Crippen molar-refractivity contribution in [2.75, 3.05) is 13.5 Å². The first kappa shape index (κ1) is 16.6. The van der Waals surface area contributed by atoms with E-state index in [1.54, 1.807) is 19.9 Å². The summed E-state index contributed by atoms with van der Waals surface area (Å²) >= 11 is 0. The Morgan fingerprint density at radius 3 is 2.76 bits per heavy atom. The van der Waals surface area contributed by atoms with Crippen LogP contribution in [0.15, 0.2) is 42.2 Å². The highest BCUT2D eigenvalue weighted by molar-refractivity contribution is 5.91. The van der Waals surface area contributed by atoms with Crippen molar-refractivity contribution in [2.24, 2.45) is 4.99 Å². The van der Waals surface area contributed by atoms with Gasteiger partial charge in [0.05, 0.1) is 0 Å². The standard InChI is InChI=1S/C14H20N4O3/c1-5-7-11(15-8-6-2)17-12(19)14(3,4)18-10-21-9-16-13(18)20/h5-8H,1-2,9-10H2,3-4H3,(H,16,20)(H,17,19)/b11-7+,15-8?. The van der Waals surface area contributed by atoms with Gasteiger partial charge >= 0.3 is 6.03 Å². The second kappa shape index (κ2) is 7.39. The van der Waals surface area contributed by atoms with E-state index >= 15 is 0 Å². The summed E-state index contributed by atoms with van der Waals surface area (Å²) < 4.78 is 5.15. The molecule has 0 aliphatic carbocycles. The van der Waals surface area contributed by atoms with Crippen LogP contribution in [0.3, 0.4) is 0 Å². The molecule has 1 aliphatic rings. The van der Waals surface area contributed by atoms with Crippen molar-refractivity contribution >= 4 is 18.2 Å². The van der Waals surface area contributed by atoms with E-state index in [1.807, 2.05) is 0 Å². The lowest BCUT2D eigenvalue weighted by Gasteiger charge is -2.39. The number of rotatable bonds is 6. The molecule has 0 aromatic heterocycles. The number of nitrogens with zero attached hydrogens (tertiary/aromatic N) is 2. The quantitative estimate of drug-likeness (QED) is 0.568. The lowest BCUT2D eigenvalue weighted by atomic mass is 10.0. The topological polar surface area (TPSA) is 83.0 Å². The molecule has 0 saturated carbocycles. The molecule has 0 spiro atoms. The van der Waals surface area contributed by atoms with Gasteiger partial charge in [0.15, 0.2) is 0 Å². The number of allylic oxidation sites excluding steroid dienone is 3. The first-order chi connectivity index (χ1) is 9.93. The minimum Gasteiger partial charge on any atom is -0.341 e. The second-order valence-corrected chi connectivity index (χ2v) is 4.70. The Morgan fingerprint density at radius 2 is 2.19 bits per heavy atom. The Morgan fingerprint density at radius 1 is 1.48 bits per heavy atom. The molecule has 114 valence electrons. The molecule has 3 amide bonds. The summed E-state index contributed by atoms with van der Waals surface area (Å²) in [6.45, 7) is 10.5. The fraction of sp³-hybridized carbons (Fsp3) is 0.357. The molecule has 21 heavy (non-hydrogen) atoms. The van der Waals surface area contributed by atoms with Gasteiger partial charge in [-0.15, -0.1) is 0 Å². The van der Waals surface area contributed by atoms with Crippen molar-refractivity contribution < 1.29 is 14.3 Å². The maximum Gasteiger partial charge on any atom is 0.321 e. The number of amides is 3. The Hall–Kier alpha value is -2.41. The van der Waals surface area contributed by atoms with Crippen LogP contribution < -0.4 is 10.6 Å². The van der Waals surface area contributed by atoms with Crippen molar-refractivity contribution in [3.8, 4) is 0 Å². The number of urea groups is 1. The van der Waals surface area contributed by atoms with E-state index in [4.69, 9.17) is 4.74 Å². The zero-order valence-electron chi connectivity index (χ0n) is 12.3. The van der Waals surface area contributed by atoms with Crippen LogP contribution in [0.4, 0.5) is 4.79 Å². The Bertz CT molecular complexity index is 494. The number of ether oxygens (including phenoxy) is 1. The van der Waals surface area contributed by atoms with Crippen LogP contribution in [0.2, 0.25) is 0 Å². The first-order valence-corrected chi connectivity index (χ1v) is 6.36. The molecule has 1 rings (SSSR count). The van der Waals surface area contributed by atoms with Crippen LogP contribution in [-0.4, -0.2) is 42.1 Å². The first-order valence-electron chi connectivity index (χ1n) is 6.36. The van der Waals surface area contributed by atoms with E-state index in [0.29, 0.717) is 5.82 Å². The summed E-state index contributed by atoms with van der Waals surface area (Å²) in [4.78, 5) is 29.5. The third kappa shape index (κ3) is 4.28. The Labute approximate surface area is 124 Å². The molecule has 1 saturated heterocycles. The SMILES string of the molecule is C=CC=N/C(=C\C=C)NC(=O)C(C)(C)N1COCNC1=O. The van der Waals surface area contributed by atoms with Crippen LogP contribution in [0.5, 0.6) is 0 Å². The Balaban J connectivity index is 2.86. The van der Waals surface area contributed by atoms with Crippen molar-refractivity contribution in [1.82, 2.24) is 15.5 Å². The molecular weight excluding hydrogens is 272 g/mol. The van der Waals surface area contributed by atoms with Gasteiger partial charge in [-0.2, -0.15) is 0 Å². The fourth-order valence-corrected chi connectivity index (χ4v) is 1.57. The van der Waals surface area contributed by atoms with Gasteiger partial charge in [-0.25, -0.2) is 9.79 Å². The highest BCUT2D eigenvalue weighted by Crippen LogP contribution is 2.17. The number of hydrogen-bond donors (Lipinski definition) is 2. The van der Waals surface area contributed by atoms with Gasteiger partial charge in [0.2, 0.25) is 0 Å². The lowest BCUT2D eigenvalue weighted by molar-refractivity contribution is -0.134. The van der Waals surface area contributed by atoms with Crippen LogP contribution >= 0.6 is 0 Å². The summed E-state index contributed by atoms with van der Waals surface area (Å²) in [7, 11) is 0. The maximum absolute atomic E-state index is 12.4. The third-order valence-corrected chi connectivity index (χ3v) is 2.86. The van der Waals surface area contributed by atoms with E-state index in [-0.39, 0.29) is 19.5 Å². The van der Waals surface area contributed by atoms with Crippen molar-refractivity contribution in [1.29, 1.82) is 0 Å². The van der Waals surface area contributed by atoms with Gasteiger partial charge in [0.25, 0.3) is 5.91 Å². The van der Waals surface area contributed by atoms with Gasteiger partial charge in [0, 0.05) is 6.21 Å². The molecule has 0 bridgehead atoms. The zero-order valence-corrected chi connectivity index (χ0v) is 12.3. The molecule has 7 heteroatoms. The normalized spacial score (nSPS) is 16.6. The molecule has 2 N–H and O–H groups in total. The van der Waals surface area contributed by atoms with E-state index in [0.717, 1.165) is 0 Å². The van der Waals surface area contributed by atoms with Gasteiger partial charge in [-0.3, -0.25) is 9.69 Å². The average Bonchev–Trinajstić information content (AvgIpc) is 2.45. The van der Waals surface area contributed by atoms with E-state index in [9.17, 15) is 9.59 Å². The summed E-state index contributed by atoms with van der Waals surface area (Å²) in [5.41, 5.74) is -1.10. The molecule has 1 aliphatic heterocycles. The molecule has 7 nitrogen and oxygen atoms in total. The van der Waals surface area contributed by atoms with Crippen LogP contribution in [0.1, 0.15) is 13.8 Å². The minimum atomic E-state index is -1.10. The summed E-state index contributed by atoms with van der Waals surface area (Å²) in [5.74, 6) is -0.0845. The Kier molecular flexibility index (Phi) is 5.86. The highest BCUT2D eigenvalue weighted by atomic mass is 16.5. The van der Waals surface area contributed by atoms with Crippen molar-refractivity contribution in [3.63, 3.8) is 0 Å². The van der Waals surface area contributed by atoms with Crippen LogP contribution in [0.25, 0.3) is 0 Å². The number of carbonyl (C=O) groups excluding carboxylic acids is 2. The van der Waals surface area contributed by atoms with Crippen molar-refractivity contribution in [2.45, 2.75) is 19.4 Å². The van der Waals surface area contributed by atoms with Gasteiger partial charge in [0.1, 0.15) is 24.8 Å². The molecule has 0 aromatic rings. The number of nitrogens with one attached hydrogen (secondary N) is 2.